The quantitative estimate of drug-likeness (QED) is 0.455. The Morgan fingerprint density at radius 3 is 1.69 bits per heavy atom. The molecule has 0 aromatic rings. The first kappa shape index (κ1) is 14.7. The van der Waals surface area contributed by atoms with Crippen LogP contribution in [0.2, 0.25) is 0 Å². The maximum absolute atomic E-state index is 12.0. The molecule has 0 saturated carbocycles. The van der Waals surface area contributed by atoms with Crippen LogP contribution in [0.25, 0.3) is 0 Å². The smallest absolute Gasteiger partial charge is 0.272 e. The lowest BCUT2D eigenvalue weighted by Gasteiger charge is -2.20. The summed E-state index contributed by atoms with van der Waals surface area (Å²) in [4.78, 5) is 10.7. The molecule has 0 aliphatic carbocycles. The minimum absolute atomic E-state index is 0.122. The Hall–Kier alpha value is -1.28. The molecule has 1 N–H and O–H groups in total. The van der Waals surface area contributed by atoms with Gasteiger partial charge in [0.05, 0.1) is 0 Å². The molecule has 0 saturated heterocycles. The third kappa shape index (κ3) is 4.49. The van der Waals surface area contributed by atoms with Crippen LogP contribution in [0, 0.1) is 5.92 Å². The summed E-state index contributed by atoms with van der Waals surface area (Å²) in [7, 11) is 0. The molecule has 3 nitrogen and oxygen atoms in total. The molecular formula is C7H8F6N2O. The zero-order valence-corrected chi connectivity index (χ0v) is 8.20. The predicted molar refractivity (Wildman–Crippen MR) is 42.5 cm³/mol. The molecule has 0 fully saturated rings. The highest BCUT2D eigenvalue weighted by atomic mass is 19.4. The molecule has 0 radical (unpaired) electrons. The van der Waals surface area contributed by atoms with Crippen LogP contribution in [0.15, 0.2) is 5.10 Å². The van der Waals surface area contributed by atoms with Gasteiger partial charge < -0.3 is 0 Å². The number of nitrogens with one attached hydrogen (secondary N) is 1. The number of carbonyl (C=O) groups excluding carboxylic acids is 1. The maximum Gasteiger partial charge on any atom is 0.409 e. The van der Waals surface area contributed by atoms with Crippen molar-refractivity contribution in [1.82, 2.24) is 5.43 Å². The summed E-state index contributed by atoms with van der Waals surface area (Å²) in [6.07, 6.45) is -11.4. The Kier molecular flexibility index (Phi) is 4.33. The lowest BCUT2D eigenvalue weighted by Crippen LogP contribution is -2.46. The van der Waals surface area contributed by atoms with Gasteiger partial charge in [0, 0.05) is 5.71 Å². The van der Waals surface area contributed by atoms with Crippen molar-refractivity contribution in [2.45, 2.75) is 26.2 Å². The summed E-state index contributed by atoms with van der Waals surface area (Å²) in [6.45, 7) is 2.60. The van der Waals surface area contributed by atoms with Gasteiger partial charge in [-0.3, -0.25) is 4.79 Å². The lowest BCUT2D eigenvalue weighted by atomic mass is 10.1. The Balaban J connectivity index is 4.95. The van der Waals surface area contributed by atoms with Gasteiger partial charge in [-0.2, -0.15) is 31.4 Å². The summed E-state index contributed by atoms with van der Waals surface area (Å²) in [5.41, 5.74) is 1.33. The highest BCUT2D eigenvalue weighted by Crippen LogP contribution is 2.39. The maximum atomic E-state index is 12.0. The molecule has 0 bridgehead atoms. The number of rotatable bonds is 2. The van der Waals surface area contributed by atoms with Crippen LogP contribution >= 0.6 is 0 Å². The Morgan fingerprint density at radius 1 is 1.06 bits per heavy atom. The lowest BCUT2D eigenvalue weighted by molar-refractivity contribution is -0.274. The first-order valence-electron chi connectivity index (χ1n) is 3.90. The van der Waals surface area contributed by atoms with E-state index in [1.165, 1.54) is 19.3 Å². The van der Waals surface area contributed by atoms with Crippen molar-refractivity contribution in [3.8, 4) is 0 Å². The number of halogens is 6. The Morgan fingerprint density at radius 2 is 1.44 bits per heavy atom. The summed E-state index contributed by atoms with van der Waals surface area (Å²) in [6, 6.07) is 0. The van der Waals surface area contributed by atoms with Crippen LogP contribution in [0.1, 0.15) is 13.8 Å². The van der Waals surface area contributed by atoms with Gasteiger partial charge in [0.15, 0.2) is 0 Å². The van der Waals surface area contributed by atoms with Crippen LogP contribution in [0.4, 0.5) is 26.3 Å². The summed E-state index contributed by atoms with van der Waals surface area (Å²) >= 11 is 0. The topological polar surface area (TPSA) is 41.5 Å². The van der Waals surface area contributed by atoms with E-state index in [0.717, 1.165) is 0 Å². The number of amides is 1. The third-order valence-electron chi connectivity index (χ3n) is 1.31. The molecular weight excluding hydrogens is 242 g/mol. The van der Waals surface area contributed by atoms with Crippen molar-refractivity contribution in [2.75, 3.05) is 0 Å². The number of hydrazone groups is 1. The van der Waals surface area contributed by atoms with Crippen LogP contribution in [0.5, 0.6) is 0 Å². The van der Waals surface area contributed by atoms with Crippen molar-refractivity contribution in [2.24, 2.45) is 11.0 Å². The molecule has 0 spiro atoms. The van der Waals surface area contributed by atoms with E-state index in [9.17, 15) is 31.1 Å². The second kappa shape index (κ2) is 4.71. The minimum atomic E-state index is -5.69. The van der Waals surface area contributed by atoms with Gasteiger partial charge in [-0.15, -0.1) is 0 Å². The predicted octanol–water partition coefficient (Wildman–Crippen LogP) is 2.24. The highest BCUT2D eigenvalue weighted by Gasteiger charge is 2.61. The highest BCUT2D eigenvalue weighted by molar-refractivity contribution is 5.84. The first-order valence-corrected chi connectivity index (χ1v) is 3.90. The molecule has 0 heterocycles. The van der Waals surface area contributed by atoms with E-state index in [4.69, 9.17) is 0 Å². The number of alkyl halides is 6. The molecule has 0 aliphatic heterocycles. The van der Waals surface area contributed by atoms with E-state index in [1.54, 1.807) is 0 Å². The average molecular weight is 250 g/mol. The van der Waals surface area contributed by atoms with Crippen molar-refractivity contribution >= 4 is 11.6 Å². The number of hydrogen-bond donors (Lipinski definition) is 1. The van der Waals surface area contributed by atoms with Gasteiger partial charge in [0.2, 0.25) is 5.92 Å². The van der Waals surface area contributed by atoms with E-state index in [1.807, 2.05) is 0 Å². The number of carbonyl (C=O) groups is 1. The van der Waals surface area contributed by atoms with E-state index < -0.39 is 24.2 Å². The zero-order valence-electron chi connectivity index (χ0n) is 8.20. The summed E-state index contributed by atoms with van der Waals surface area (Å²) in [5, 5.41) is 2.99. The fraction of sp³-hybridized carbons (Fsp3) is 0.714. The van der Waals surface area contributed by atoms with Gasteiger partial charge in [0.1, 0.15) is 0 Å². The summed E-state index contributed by atoms with van der Waals surface area (Å²) in [5.74, 6) is -6.32. The molecule has 0 aromatic heterocycles. The van der Waals surface area contributed by atoms with Gasteiger partial charge >= 0.3 is 12.4 Å². The molecule has 0 atom stereocenters. The fourth-order valence-electron chi connectivity index (χ4n) is 0.714. The fourth-order valence-corrected chi connectivity index (χ4v) is 0.714. The molecule has 94 valence electrons. The summed E-state index contributed by atoms with van der Waals surface area (Å²) < 4.78 is 71.8. The van der Waals surface area contributed by atoms with E-state index >= 15 is 0 Å². The van der Waals surface area contributed by atoms with Crippen molar-refractivity contribution in [3.05, 3.63) is 0 Å². The second-order valence-electron chi connectivity index (χ2n) is 3.05. The molecule has 9 heteroatoms. The van der Waals surface area contributed by atoms with Gasteiger partial charge in [-0.1, -0.05) is 0 Å². The number of hydrogen-bond acceptors (Lipinski definition) is 2. The Labute approximate surface area is 86.5 Å². The van der Waals surface area contributed by atoms with Crippen LogP contribution in [-0.2, 0) is 4.79 Å². The normalized spacial score (nSPS) is 12.6. The molecule has 0 aliphatic rings. The van der Waals surface area contributed by atoms with Crippen molar-refractivity contribution in [3.63, 3.8) is 0 Å². The standard InChI is InChI=1S/C7H8F6N2O/c1-3(2)14-15-5(16)4(6(8,9)10)7(11,12)13/h4H,1-2H3,(H,15,16). The van der Waals surface area contributed by atoms with Gasteiger partial charge in [-0.25, -0.2) is 5.43 Å². The molecule has 0 unspecified atom stereocenters. The number of nitrogens with zero attached hydrogens (tertiary/aromatic N) is 1. The monoisotopic (exact) mass is 250 g/mol. The third-order valence-corrected chi connectivity index (χ3v) is 1.31. The van der Waals surface area contributed by atoms with Crippen LogP contribution < -0.4 is 5.43 Å². The largest absolute Gasteiger partial charge is 0.409 e. The minimum Gasteiger partial charge on any atom is -0.272 e. The molecule has 1 amide bonds. The second-order valence-corrected chi connectivity index (χ2v) is 3.05. The zero-order chi connectivity index (χ0) is 13.1. The van der Waals surface area contributed by atoms with E-state index in [2.05, 4.69) is 5.10 Å². The van der Waals surface area contributed by atoms with Crippen LogP contribution in [0.3, 0.4) is 0 Å². The van der Waals surface area contributed by atoms with Gasteiger partial charge in [-0.05, 0) is 13.8 Å². The van der Waals surface area contributed by atoms with Crippen LogP contribution in [-0.4, -0.2) is 24.0 Å². The molecule has 0 aromatic carbocycles. The Bertz CT molecular complexity index is 274. The first-order chi connectivity index (χ1) is 6.96. The molecule has 16 heavy (non-hydrogen) atoms. The van der Waals surface area contributed by atoms with Crippen molar-refractivity contribution in [1.29, 1.82) is 0 Å². The van der Waals surface area contributed by atoms with E-state index in [-0.39, 0.29) is 5.71 Å². The van der Waals surface area contributed by atoms with Crippen molar-refractivity contribution < 1.29 is 31.1 Å². The average Bonchev–Trinajstić information content (AvgIpc) is 1.94. The van der Waals surface area contributed by atoms with E-state index in [0.29, 0.717) is 0 Å². The van der Waals surface area contributed by atoms with Gasteiger partial charge in [0.25, 0.3) is 5.91 Å². The molecule has 0 rings (SSSR count). The SMILES string of the molecule is CC(C)=NNC(=O)C(C(F)(F)F)C(F)(F)F.